The van der Waals surface area contributed by atoms with Gasteiger partial charge in [0.05, 0.1) is 5.56 Å². The number of carboxylic acid groups (broad SMARTS) is 1. The van der Waals surface area contributed by atoms with E-state index in [-0.39, 0.29) is 5.75 Å². The van der Waals surface area contributed by atoms with Crippen LogP contribution in [0.5, 0.6) is 11.5 Å². The highest BCUT2D eigenvalue weighted by molar-refractivity contribution is 5.91. The molecule has 5 heteroatoms. The van der Waals surface area contributed by atoms with Gasteiger partial charge >= 0.3 is 12.1 Å². The van der Waals surface area contributed by atoms with Crippen molar-refractivity contribution in [2.75, 3.05) is 0 Å². The van der Waals surface area contributed by atoms with E-state index < -0.39 is 12.1 Å². The zero-order valence-corrected chi connectivity index (χ0v) is 9.78. The van der Waals surface area contributed by atoms with Gasteiger partial charge < -0.3 is 14.6 Å². The predicted molar refractivity (Wildman–Crippen MR) is 66.5 cm³/mol. The van der Waals surface area contributed by atoms with Crippen molar-refractivity contribution in [3.8, 4) is 11.5 Å². The molecule has 96 valence electrons. The number of para-hydroxylation sites is 1. The van der Waals surface area contributed by atoms with E-state index in [4.69, 9.17) is 9.84 Å². The summed E-state index contributed by atoms with van der Waals surface area (Å²) >= 11 is 0. The van der Waals surface area contributed by atoms with Crippen LogP contribution in [0.25, 0.3) is 0 Å². The van der Waals surface area contributed by atoms with Crippen LogP contribution in [0.2, 0.25) is 0 Å². The number of benzene rings is 2. The molecule has 0 aliphatic heterocycles. The number of hydrogen-bond donors (Lipinski definition) is 1. The maximum absolute atomic E-state index is 11.8. The van der Waals surface area contributed by atoms with E-state index in [9.17, 15) is 9.59 Å². The quantitative estimate of drug-likeness (QED) is 0.520. The van der Waals surface area contributed by atoms with Crippen LogP contribution in [0, 0.1) is 0 Å². The van der Waals surface area contributed by atoms with Crippen LogP contribution < -0.4 is 9.47 Å². The first-order chi connectivity index (χ1) is 9.15. The minimum Gasteiger partial charge on any atom is -0.449 e. The Balaban J connectivity index is 2.05. The van der Waals surface area contributed by atoms with E-state index >= 15 is 0 Å². The second kappa shape index (κ2) is 5.68. The predicted octanol–water partition coefficient (Wildman–Crippen LogP) is 2.96. The summed E-state index contributed by atoms with van der Waals surface area (Å²) in [4.78, 5) is 22.1. The molecule has 0 fully saturated rings. The lowest BCUT2D eigenvalue weighted by molar-refractivity contribution is 0.0735. The first-order valence-electron chi connectivity index (χ1n) is 5.43. The Morgan fingerprint density at radius 2 is 1.37 bits per heavy atom. The van der Waals surface area contributed by atoms with Gasteiger partial charge in [0, 0.05) is 0 Å². The average molecular weight is 258 g/mol. The van der Waals surface area contributed by atoms with Crippen LogP contribution in [0.3, 0.4) is 0 Å². The maximum atomic E-state index is 11.8. The van der Waals surface area contributed by atoms with Gasteiger partial charge in [-0.25, -0.2) is 9.59 Å². The third-order valence-electron chi connectivity index (χ3n) is 2.25. The van der Waals surface area contributed by atoms with Gasteiger partial charge in [0.15, 0.2) is 0 Å². The summed E-state index contributed by atoms with van der Waals surface area (Å²) in [6.45, 7) is 0. The van der Waals surface area contributed by atoms with Gasteiger partial charge in [-0.2, -0.15) is 0 Å². The van der Waals surface area contributed by atoms with Gasteiger partial charge in [0.2, 0.25) is 0 Å². The molecule has 0 heterocycles. The zero-order valence-electron chi connectivity index (χ0n) is 9.78. The molecule has 19 heavy (non-hydrogen) atoms. The highest BCUT2D eigenvalue weighted by atomic mass is 16.7. The van der Waals surface area contributed by atoms with Crippen LogP contribution >= 0.6 is 0 Å². The molecule has 0 aromatic heterocycles. The molecule has 0 saturated heterocycles. The topological polar surface area (TPSA) is 72.8 Å². The minimum atomic E-state index is -1.40. The largest absolute Gasteiger partial charge is 0.511 e. The van der Waals surface area contributed by atoms with Crippen LogP contribution in [0.4, 0.5) is 4.79 Å². The molecule has 2 rings (SSSR count). The summed E-state index contributed by atoms with van der Waals surface area (Å²) in [5.41, 5.74) is 0.307. The fourth-order valence-corrected chi connectivity index (χ4v) is 1.41. The summed E-state index contributed by atoms with van der Waals surface area (Å²) in [7, 11) is 0. The molecule has 0 radical (unpaired) electrons. The Morgan fingerprint density at radius 1 is 0.789 bits per heavy atom. The molecule has 5 nitrogen and oxygen atoms in total. The Bertz CT molecular complexity index is 575. The van der Waals surface area contributed by atoms with Gasteiger partial charge in [0.25, 0.3) is 0 Å². The third-order valence-corrected chi connectivity index (χ3v) is 2.25. The highest BCUT2D eigenvalue weighted by Crippen LogP contribution is 2.15. The summed E-state index contributed by atoms with van der Waals surface area (Å²) in [5, 5.41) is 8.43. The van der Waals surface area contributed by atoms with E-state index in [0.29, 0.717) is 11.3 Å². The Labute approximate surface area is 109 Å². The van der Waals surface area contributed by atoms with Crippen LogP contribution in [-0.2, 0) is 0 Å². The lowest BCUT2D eigenvalue weighted by Crippen LogP contribution is -2.08. The summed E-state index contributed by atoms with van der Waals surface area (Å²) in [6.07, 6.45) is -1.40. The average Bonchev–Trinajstić information content (AvgIpc) is 2.40. The summed E-state index contributed by atoms with van der Waals surface area (Å²) in [6, 6.07) is 14.3. The van der Waals surface area contributed by atoms with Gasteiger partial charge in [-0.1, -0.05) is 18.2 Å². The number of hydrogen-bond acceptors (Lipinski definition) is 4. The molecule has 0 bridgehead atoms. The van der Waals surface area contributed by atoms with Crippen molar-refractivity contribution in [1.29, 1.82) is 0 Å². The third kappa shape index (κ3) is 3.57. The SMILES string of the molecule is O=C(O)Oc1ccc(C(=O)Oc2ccccc2)cc1. The number of ether oxygens (including phenoxy) is 2. The molecule has 2 aromatic carbocycles. The Hall–Kier alpha value is -2.82. The van der Waals surface area contributed by atoms with Crippen molar-refractivity contribution in [2.24, 2.45) is 0 Å². The van der Waals surface area contributed by atoms with Gasteiger partial charge in [0.1, 0.15) is 11.5 Å². The van der Waals surface area contributed by atoms with Crippen LogP contribution in [0.15, 0.2) is 54.6 Å². The van der Waals surface area contributed by atoms with Gasteiger partial charge in [-0.15, -0.1) is 0 Å². The fraction of sp³-hybridized carbons (Fsp3) is 0. The van der Waals surface area contributed by atoms with E-state index in [2.05, 4.69) is 4.74 Å². The minimum absolute atomic E-state index is 0.142. The smallest absolute Gasteiger partial charge is 0.449 e. The van der Waals surface area contributed by atoms with Crippen molar-refractivity contribution < 1.29 is 24.2 Å². The number of carbonyl (C=O) groups is 2. The van der Waals surface area contributed by atoms with Crippen molar-refractivity contribution in [2.45, 2.75) is 0 Å². The van der Waals surface area contributed by atoms with Gasteiger partial charge in [-0.3, -0.25) is 0 Å². The molecule has 0 amide bonds. The van der Waals surface area contributed by atoms with Gasteiger partial charge in [-0.05, 0) is 36.4 Å². The molecule has 0 spiro atoms. The molecule has 0 atom stereocenters. The second-order valence-electron chi connectivity index (χ2n) is 3.59. The van der Waals surface area contributed by atoms with Crippen molar-refractivity contribution in [3.05, 3.63) is 60.2 Å². The van der Waals surface area contributed by atoms with E-state index in [1.54, 1.807) is 24.3 Å². The van der Waals surface area contributed by atoms with E-state index in [1.807, 2.05) is 6.07 Å². The molecule has 2 aromatic rings. The highest BCUT2D eigenvalue weighted by Gasteiger charge is 2.09. The lowest BCUT2D eigenvalue weighted by atomic mass is 10.2. The monoisotopic (exact) mass is 258 g/mol. The molecule has 1 N–H and O–H groups in total. The fourth-order valence-electron chi connectivity index (χ4n) is 1.41. The molecule has 0 saturated carbocycles. The Morgan fingerprint density at radius 3 is 1.95 bits per heavy atom. The molecule has 0 aliphatic carbocycles. The molecule has 0 aliphatic rings. The molecular formula is C14H10O5. The number of carbonyl (C=O) groups excluding carboxylic acids is 1. The van der Waals surface area contributed by atoms with Crippen molar-refractivity contribution in [3.63, 3.8) is 0 Å². The normalized spacial score (nSPS) is 9.68. The van der Waals surface area contributed by atoms with Crippen LogP contribution in [-0.4, -0.2) is 17.2 Å². The molecular weight excluding hydrogens is 248 g/mol. The van der Waals surface area contributed by atoms with Crippen molar-refractivity contribution >= 4 is 12.1 Å². The molecule has 0 unspecified atom stereocenters. The summed E-state index contributed by atoms with van der Waals surface area (Å²) in [5.74, 6) is 0.0650. The second-order valence-corrected chi connectivity index (χ2v) is 3.59. The number of rotatable bonds is 3. The van der Waals surface area contributed by atoms with Crippen LogP contribution in [0.1, 0.15) is 10.4 Å². The standard InChI is InChI=1S/C14H10O5/c15-13(18-11-4-2-1-3-5-11)10-6-8-12(9-7-10)19-14(16)17/h1-9H,(H,16,17). The number of esters is 1. The first-order valence-corrected chi connectivity index (χ1v) is 5.43. The zero-order chi connectivity index (χ0) is 13.7. The summed E-state index contributed by atoms with van der Waals surface area (Å²) < 4.78 is 9.56. The van der Waals surface area contributed by atoms with Crippen molar-refractivity contribution in [1.82, 2.24) is 0 Å². The first kappa shape index (κ1) is 12.6. The lowest BCUT2D eigenvalue weighted by Gasteiger charge is -2.04. The Kier molecular flexibility index (Phi) is 3.78. The maximum Gasteiger partial charge on any atom is 0.511 e. The van der Waals surface area contributed by atoms with E-state index in [0.717, 1.165) is 0 Å². The van der Waals surface area contributed by atoms with E-state index in [1.165, 1.54) is 24.3 Å².